The van der Waals surface area contributed by atoms with Gasteiger partial charge in [-0.1, -0.05) is 50.6 Å². The first-order chi connectivity index (χ1) is 15.9. The number of aliphatic hydroxyl groups excluding tert-OH is 1. The van der Waals surface area contributed by atoms with Gasteiger partial charge >= 0.3 is 0 Å². The summed E-state index contributed by atoms with van der Waals surface area (Å²) in [7, 11) is 0. The topological polar surface area (TPSA) is 93.7 Å². The summed E-state index contributed by atoms with van der Waals surface area (Å²) in [6, 6.07) is 9.72. The third-order valence-electron chi connectivity index (χ3n) is 6.86. The smallest absolute Gasteiger partial charge is 0.173 e. The Labute approximate surface area is 200 Å². The number of nitrogens with one attached hydrogen (secondary N) is 1. The third-order valence-corrected chi connectivity index (χ3v) is 7.23. The standard InChI is InChI=1S/C24H34ClN7O/c1-5-17(4)31-23(27-29-30-31)21(26-24(14-15-33)12-9-13-24)19-20(16(2)3)28-32(22(19)25)18-10-7-6-8-11-18/h6-8,10-11,16-17,21,26,33H,5,9,12-15H2,1-4H3. The summed E-state index contributed by atoms with van der Waals surface area (Å²) < 4.78 is 3.70. The number of hydrogen-bond donors (Lipinski definition) is 2. The highest BCUT2D eigenvalue weighted by Crippen LogP contribution is 2.42. The van der Waals surface area contributed by atoms with Crippen molar-refractivity contribution in [3.05, 3.63) is 52.6 Å². The zero-order valence-electron chi connectivity index (χ0n) is 19.9. The monoisotopic (exact) mass is 471 g/mol. The highest BCUT2D eigenvalue weighted by Gasteiger charge is 2.42. The van der Waals surface area contributed by atoms with Crippen molar-refractivity contribution in [1.29, 1.82) is 0 Å². The summed E-state index contributed by atoms with van der Waals surface area (Å²) in [5.74, 6) is 0.875. The Kier molecular flexibility index (Phi) is 7.16. The van der Waals surface area contributed by atoms with E-state index in [1.807, 2.05) is 35.0 Å². The van der Waals surface area contributed by atoms with Gasteiger partial charge in [-0.3, -0.25) is 5.32 Å². The number of para-hydroxylation sites is 1. The Morgan fingerprint density at radius 2 is 1.91 bits per heavy atom. The lowest BCUT2D eigenvalue weighted by Gasteiger charge is -2.45. The van der Waals surface area contributed by atoms with Gasteiger partial charge in [-0.05, 0) is 67.5 Å². The van der Waals surface area contributed by atoms with Crippen molar-refractivity contribution in [3.63, 3.8) is 0 Å². The molecule has 2 N–H and O–H groups in total. The molecule has 2 unspecified atom stereocenters. The predicted molar refractivity (Wildman–Crippen MR) is 129 cm³/mol. The number of aliphatic hydroxyl groups is 1. The van der Waals surface area contributed by atoms with Crippen molar-refractivity contribution in [2.75, 3.05) is 6.61 Å². The zero-order valence-corrected chi connectivity index (χ0v) is 20.6. The molecule has 4 rings (SSSR count). The molecule has 0 radical (unpaired) electrons. The second-order valence-electron chi connectivity index (χ2n) is 9.42. The Morgan fingerprint density at radius 3 is 2.48 bits per heavy atom. The second-order valence-corrected chi connectivity index (χ2v) is 9.77. The molecule has 3 aromatic rings. The number of rotatable bonds is 10. The fourth-order valence-electron chi connectivity index (χ4n) is 4.59. The van der Waals surface area contributed by atoms with Crippen LogP contribution in [0.4, 0.5) is 0 Å². The average Bonchev–Trinajstić information content (AvgIpc) is 3.41. The van der Waals surface area contributed by atoms with Crippen LogP contribution in [0.25, 0.3) is 5.69 Å². The van der Waals surface area contributed by atoms with Crippen LogP contribution in [0.15, 0.2) is 30.3 Å². The van der Waals surface area contributed by atoms with Crippen molar-refractivity contribution in [3.8, 4) is 5.69 Å². The second kappa shape index (κ2) is 9.91. The molecule has 1 aliphatic carbocycles. The minimum absolute atomic E-state index is 0.129. The van der Waals surface area contributed by atoms with Crippen molar-refractivity contribution < 1.29 is 5.11 Å². The van der Waals surface area contributed by atoms with Gasteiger partial charge in [0.2, 0.25) is 0 Å². The number of hydrogen-bond acceptors (Lipinski definition) is 6. The lowest BCUT2D eigenvalue weighted by molar-refractivity contribution is 0.120. The molecule has 2 heterocycles. The maximum absolute atomic E-state index is 9.78. The Bertz CT molecular complexity index is 1060. The van der Waals surface area contributed by atoms with Crippen molar-refractivity contribution >= 4 is 11.6 Å². The zero-order chi connectivity index (χ0) is 23.6. The molecule has 1 aliphatic rings. The minimum atomic E-state index is -0.344. The van der Waals surface area contributed by atoms with Gasteiger partial charge in [-0.2, -0.15) is 5.10 Å². The number of tetrazole rings is 1. The molecule has 2 atom stereocenters. The van der Waals surface area contributed by atoms with E-state index in [0.29, 0.717) is 11.6 Å². The van der Waals surface area contributed by atoms with E-state index in [1.54, 1.807) is 4.68 Å². The van der Waals surface area contributed by atoms with Gasteiger partial charge in [0.15, 0.2) is 5.82 Å². The van der Waals surface area contributed by atoms with Crippen LogP contribution in [0.5, 0.6) is 0 Å². The highest BCUT2D eigenvalue weighted by molar-refractivity contribution is 6.30. The molecular formula is C24H34ClN7O. The predicted octanol–water partition coefficient (Wildman–Crippen LogP) is 4.59. The van der Waals surface area contributed by atoms with Crippen LogP contribution in [0.2, 0.25) is 5.15 Å². The molecule has 1 saturated carbocycles. The Balaban J connectivity index is 1.89. The van der Waals surface area contributed by atoms with Crippen molar-refractivity contribution in [2.24, 2.45) is 0 Å². The van der Waals surface area contributed by atoms with Gasteiger partial charge in [0.25, 0.3) is 0 Å². The van der Waals surface area contributed by atoms with Crippen LogP contribution in [-0.4, -0.2) is 47.2 Å². The van der Waals surface area contributed by atoms with Gasteiger partial charge in [0.1, 0.15) is 11.2 Å². The maximum atomic E-state index is 9.78. The van der Waals surface area contributed by atoms with Gasteiger partial charge in [-0.15, -0.1) is 5.10 Å². The average molecular weight is 472 g/mol. The molecule has 2 aromatic heterocycles. The minimum Gasteiger partial charge on any atom is -0.396 e. The van der Waals surface area contributed by atoms with E-state index >= 15 is 0 Å². The summed E-state index contributed by atoms with van der Waals surface area (Å²) in [6.07, 6.45) is 4.70. The van der Waals surface area contributed by atoms with E-state index in [1.165, 1.54) is 0 Å². The van der Waals surface area contributed by atoms with Gasteiger partial charge < -0.3 is 5.11 Å². The number of nitrogens with zero attached hydrogens (tertiary/aromatic N) is 6. The van der Waals surface area contributed by atoms with Crippen molar-refractivity contribution in [2.45, 2.75) is 83.3 Å². The first-order valence-electron chi connectivity index (χ1n) is 11.9. The summed E-state index contributed by atoms with van der Waals surface area (Å²) in [6.45, 7) is 8.61. The molecule has 178 valence electrons. The van der Waals surface area contributed by atoms with E-state index in [9.17, 15) is 5.11 Å². The molecule has 0 saturated heterocycles. The van der Waals surface area contributed by atoms with E-state index in [-0.39, 0.29) is 30.1 Å². The summed E-state index contributed by atoms with van der Waals surface area (Å²) in [5.41, 5.74) is 2.56. The molecule has 1 aromatic carbocycles. The largest absolute Gasteiger partial charge is 0.396 e. The molecular weight excluding hydrogens is 438 g/mol. The molecule has 0 spiro atoms. The van der Waals surface area contributed by atoms with E-state index in [2.05, 4.69) is 48.5 Å². The fraction of sp³-hybridized carbons (Fsp3) is 0.583. The van der Waals surface area contributed by atoms with Crippen LogP contribution in [0.1, 0.15) is 94.9 Å². The first-order valence-corrected chi connectivity index (χ1v) is 12.3. The van der Waals surface area contributed by atoms with Gasteiger partial charge in [0, 0.05) is 17.7 Å². The summed E-state index contributed by atoms with van der Waals surface area (Å²) in [4.78, 5) is 0. The molecule has 0 aliphatic heterocycles. The Hall–Kier alpha value is -2.29. The lowest BCUT2D eigenvalue weighted by Crippen LogP contribution is -2.53. The molecule has 0 amide bonds. The first kappa shape index (κ1) is 23.9. The van der Waals surface area contributed by atoms with E-state index < -0.39 is 0 Å². The quantitative estimate of drug-likeness (QED) is 0.449. The number of benzene rings is 1. The third kappa shape index (κ3) is 4.56. The van der Waals surface area contributed by atoms with Crippen LogP contribution in [-0.2, 0) is 0 Å². The normalized spacial score (nSPS) is 17.2. The summed E-state index contributed by atoms with van der Waals surface area (Å²) in [5, 5.41) is 31.9. The highest BCUT2D eigenvalue weighted by atomic mass is 35.5. The SMILES string of the molecule is CCC(C)n1nnnc1C(NC1(CCO)CCC1)c1c(C(C)C)nn(-c2ccccc2)c1Cl. The molecule has 9 heteroatoms. The van der Waals surface area contributed by atoms with E-state index in [4.69, 9.17) is 16.7 Å². The molecule has 33 heavy (non-hydrogen) atoms. The van der Waals surface area contributed by atoms with Gasteiger partial charge in [0.05, 0.1) is 17.4 Å². The van der Waals surface area contributed by atoms with E-state index in [0.717, 1.165) is 48.5 Å². The number of halogens is 1. The van der Waals surface area contributed by atoms with Crippen molar-refractivity contribution in [1.82, 2.24) is 35.3 Å². The van der Waals surface area contributed by atoms with Crippen LogP contribution < -0.4 is 5.32 Å². The maximum Gasteiger partial charge on any atom is 0.173 e. The molecule has 1 fully saturated rings. The van der Waals surface area contributed by atoms with Gasteiger partial charge in [-0.25, -0.2) is 9.36 Å². The molecule has 8 nitrogen and oxygen atoms in total. The lowest BCUT2D eigenvalue weighted by atomic mass is 9.73. The Morgan fingerprint density at radius 1 is 1.18 bits per heavy atom. The van der Waals surface area contributed by atoms with Crippen LogP contribution in [0.3, 0.4) is 0 Å². The van der Waals surface area contributed by atoms with Crippen LogP contribution >= 0.6 is 11.6 Å². The van der Waals surface area contributed by atoms with Crippen LogP contribution in [0, 0.1) is 0 Å². The number of aromatic nitrogens is 6. The fourth-order valence-corrected chi connectivity index (χ4v) is 4.93. The molecule has 0 bridgehead atoms. The summed E-state index contributed by atoms with van der Waals surface area (Å²) >= 11 is 7.09.